The molecule has 1 atom stereocenters. The Morgan fingerprint density at radius 3 is 2.50 bits per heavy atom. The van der Waals surface area contributed by atoms with Crippen molar-refractivity contribution in [2.45, 2.75) is 39.0 Å². The molecule has 0 radical (unpaired) electrons. The molecule has 0 aliphatic carbocycles. The predicted molar refractivity (Wildman–Crippen MR) is 93.5 cm³/mol. The van der Waals surface area contributed by atoms with Crippen molar-refractivity contribution < 1.29 is 4.74 Å². The number of para-hydroxylation sites is 1. The average molecular weight is 297 g/mol. The van der Waals surface area contributed by atoms with Gasteiger partial charge in [-0.25, -0.2) is 0 Å². The first kappa shape index (κ1) is 16.6. The van der Waals surface area contributed by atoms with Crippen molar-refractivity contribution in [3.05, 3.63) is 65.2 Å². The van der Waals surface area contributed by atoms with Crippen molar-refractivity contribution >= 4 is 0 Å². The molecule has 0 bridgehead atoms. The van der Waals surface area contributed by atoms with E-state index in [1.807, 2.05) is 6.07 Å². The van der Waals surface area contributed by atoms with Gasteiger partial charge in [0.2, 0.25) is 0 Å². The Balaban J connectivity index is 1.86. The Hall–Kier alpha value is -1.80. The van der Waals surface area contributed by atoms with Gasteiger partial charge in [0.05, 0.1) is 6.61 Å². The Bertz CT molecular complexity index is 579. The summed E-state index contributed by atoms with van der Waals surface area (Å²) in [5, 5.41) is 0. The van der Waals surface area contributed by atoms with E-state index in [9.17, 15) is 0 Å². The highest BCUT2D eigenvalue weighted by molar-refractivity contribution is 5.33. The summed E-state index contributed by atoms with van der Waals surface area (Å²) in [7, 11) is 0. The van der Waals surface area contributed by atoms with E-state index in [4.69, 9.17) is 10.5 Å². The minimum Gasteiger partial charge on any atom is -0.493 e. The van der Waals surface area contributed by atoms with Crippen LogP contribution in [0.15, 0.2) is 48.5 Å². The summed E-state index contributed by atoms with van der Waals surface area (Å²) in [6.45, 7) is 5.76. The molecular formula is C20H27NO. The zero-order valence-electron chi connectivity index (χ0n) is 13.7. The van der Waals surface area contributed by atoms with Crippen molar-refractivity contribution in [1.29, 1.82) is 0 Å². The van der Waals surface area contributed by atoms with E-state index in [-0.39, 0.29) is 0 Å². The van der Waals surface area contributed by atoms with Gasteiger partial charge in [-0.3, -0.25) is 0 Å². The Labute approximate surface area is 134 Å². The maximum absolute atomic E-state index is 5.97. The molecular weight excluding hydrogens is 270 g/mol. The lowest BCUT2D eigenvalue weighted by atomic mass is 9.91. The van der Waals surface area contributed by atoms with Crippen molar-refractivity contribution in [3.63, 3.8) is 0 Å². The first-order valence-electron chi connectivity index (χ1n) is 8.22. The first-order chi connectivity index (χ1) is 10.8. The van der Waals surface area contributed by atoms with Gasteiger partial charge in [-0.05, 0) is 61.4 Å². The lowest BCUT2D eigenvalue weighted by Gasteiger charge is -2.18. The fourth-order valence-electron chi connectivity index (χ4n) is 2.89. The Morgan fingerprint density at radius 1 is 1.05 bits per heavy atom. The van der Waals surface area contributed by atoms with Crippen LogP contribution in [0, 0.1) is 6.92 Å². The zero-order chi connectivity index (χ0) is 15.8. The van der Waals surface area contributed by atoms with Crippen molar-refractivity contribution in [3.8, 4) is 5.75 Å². The highest BCUT2D eigenvalue weighted by atomic mass is 16.5. The Morgan fingerprint density at radius 2 is 1.77 bits per heavy atom. The largest absolute Gasteiger partial charge is 0.493 e. The summed E-state index contributed by atoms with van der Waals surface area (Å²) in [5.41, 5.74) is 9.95. The van der Waals surface area contributed by atoms with Gasteiger partial charge in [0, 0.05) is 0 Å². The highest BCUT2D eigenvalue weighted by Crippen LogP contribution is 2.24. The molecule has 0 aliphatic heterocycles. The van der Waals surface area contributed by atoms with Gasteiger partial charge in [0.25, 0.3) is 0 Å². The molecule has 0 saturated carbocycles. The van der Waals surface area contributed by atoms with Crippen LogP contribution in [-0.2, 0) is 6.42 Å². The van der Waals surface area contributed by atoms with Crippen LogP contribution in [0.5, 0.6) is 5.75 Å². The number of hydrogen-bond acceptors (Lipinski definition) is 2. The molecule has 2 rings (SSSR count). The fourth-order valence-corrected chi connectivity index (χ4v) is 2.89. The van der Waals surface area contributed by atoms with Gasteiger partial charge in [0.15, 0.2) is 0 Å². The predicted octanol–water partition coefficient (Wildman–Crippen LogP) is 4.46. The first-order valence-corrected chi connectivity index (χ1v) is 8.22. The average Bonchev–Trinajstić information content (AvgIpc) is 2.56. The van der Waals surface area contributed by atoms with Crippen LogP contribution in [0.3, 0.4) is 0 Å². The van der Waals surface area contributed by atoms with Gasteiger partial charge in [-0.15, -0.1) is 0 Å². The molecule has 0 spiro atoms. The molecule has 1 unspecified atom stereocenters. The quantitative estimate of drug-likeness (QED) is 0.730. The maximum Gasteiger partial charge on any atom is 0.122 e. The molecule has 0 aromatic heterocycles. The van der Waals surface area contributed by atoms with E-state index >= 15 is 0 Å². The molecule has 0 saturated heterocycles. The van der Waals surface area contributed by atoms with Crippen LogP contribution in [0.2, 0.25) is 0 Å². The van der Waals surface area contributed by atoms with E-state index in [0.29, 0.717) is 12.5 Å². The standard InChI is InChI=1S/C20H27NO/c1-3-17-10-5-7-13-20(17)22-14-8-11-18(15-21)19-12-6-4-9-16(19)2/h4-7,9-10,12-13,18H,3,8,11,14-15,21H2,1-2H3. The lowest BCUT2D eigenvalue weighted by Crippen LogP contribution is -2.14. The van der Waals surface area contributed by atoms with Gasteiger partial charge >= 0.3 is 0 Å². The molecule has 0 fully saturated rings. The van der Waals surface area contributed by atoms with Crippen molar-refractivity contribution in [1.82, 2.24) is 0 Å². The van der Waals surface area contributed by atoms with Crippen LogP contribution in [-0.4, -0.2) is 13.2 Å². The van der Waals surface area contributed by atoms with Gasteiger partial charge in [-0.1, -0.05) is 49.4 Å². The summed E-state index contributed by atoms with van der Waals surface area (Å²) in [5.74, 6) is 1.44. The van der Waals surface area contributed by atoms with Gasteiger partial charge in [-0.2, -0.15) is 0 Å². The number of aryl methyl sites for hydroxylation is 2. The zero-order valence-corrected chi connectivity index (χ0v) is 13.7. The lowest BCUT2D eigenvalue weighted by molar-refractivity contribution is 0.299. The Kier molecular flexibility index (Phi) is 6.47. The number of rotatable bonds is 8. The van der Waals surface area contributed by atoms with E-state index in [2.05, 4.69) is 56.3 Å². The third-order valence-electron chi connectivity index (χ3n) is 4.22. The molecule has 0 aliphatic rings. The second-order valence-electron chi connectivity index (χ2n) is 5.74. The van der Waals surface area contributed by atoms with Crippen LogP contribution < -0.4 is 10.5 Å². The minimum atomic E-state index is 0.422. The van der Waals surface area contributed by atoms with E-state index < -0.39 is 0 Å². The normalized spacial score (nSPS) is 12.1. The monoisotopic (exact) mass is 297 g/mol. The van der Waals surface area contributed by atoms with E-state index in [1.165, 1.54) is 16.7 Å². The molecule has 0 heterocycles. The molecule has 2 aromatic carbocycles. The topological polar surface area (TPSA) is 35.2 Å². The number of hydrogen-bond donors (Lipinski definition) is 1. The maximum atomic E-state index is 5.97. The van der Waals surface area contributed by atoms with Crippen molar-refractivity contribution in [2.24, 2.45) is 5.73 Å². The van der Waals surface area contributed by atoms with E-state index in [0.717, 1.165) is 31.6 Å². The van der Waals surface area contributed by atoms with Crippen LogP contribution >= 0.6 is 0 Å². The molecule has 2 aromatic rings. The summed E-state index contributed by atoms with van der Waals surface area (Å²) in [6.07, 6.45) is 3.09. The number of nitrogens with two attached hydrogens (primary N) is 1. The van der Waals surface area contributed by atoms with E-state index in [1.54, 1.807) is 0 Å². The summed E-state index contributed by atoms with van der Waals surface area (Å²) in [6, 6.07) is 16.8. The molecule has 2 heteroatoms. The second-order valence-corrected chi connectivity index (χ2v) is 5.74. The second kappa shape index (κ2) is 8.60. The number of benzene rings is 2. The third-order valence-corrected chi connectivity index (χ3v) is 4.22. The SMILES string of the molecule is CCc1ccccc1OCCCC(CN)c1ccccc1C. The van der Waals surface area contributed by atoms with Crippen LogP contribution in [0.25, 0.3) is 0 Å². The molecule has 2 N–H and O–H groups in total. The fraction of sp³-hybridized carbons (Fsp3) is 0.400. The molecule has 0 amide bonds. The molecule has 22 heavy (non-hydrogen) atoms. The van der Waals surface area contributed by atoms with Gasteiger partial charge in [0.1, 0.15) is 5.75 Å². The van der Waals surface area contributed by atoms with Gasteiger partial charge < -0.3 is 10.5 Å². The summed E-state index contributed by atoms with van der Waals surface area (Å²) in [4.78, 5) is 0. The molecule has 2 nitrogen and oxygen atoms in total. The highest BCUT2D eigenvalue weighted by Gasteiger charge is 2.11. The number of ether oxygens (including phenoxy) is 1. The van der Waals surface area contributed by atoms with Crippen LogP contribution in [0.1, 0.15) is 42.4 Å². The van der Waals surface area contributed by atoms with Crippen LogP contribution in [0.4, 0.5) is 0 Å². The van der Waals surface area contributed by atoms with Crippen molar-refractivity contribution in [2.75, 3.05) is 13.2 Å². The smallest absolute Gasteiger partial charge is 0.122 e. The third kappa shape index (κ3) is 4.35. The molecule has 118 valence electrons. The summed E-state index contributed by atoms with van der Waals surface area (Å²) < 4.78 is 5.95. The minimum absolute atomic E-state index is 0.422. The summed E-state index contributed by atoms with van der Waals surface area (Å²) >= 11 is 0.